The molecule has 3 aromatic rings. The minimum absolute atomic E-state index is 0.194. The Balaban J connectivity index is 1.68. The fourth-order valence-electron chi connectivity index (χ4n) is 1.98. The van der Waals surface area contributed by atoms with E-state index in [-0.39, 0.29) is 12.6 Å². The first-order valence-electron chi connectivity index (χ1n) is 7.06. The molecule has 0 amide bonds. The lowest BCUT2D eigenvalue weighted by Crippen LogP contribution is -2.02. The number of nitrogens with zero attached hydrogens (tertiary/aromatic N) is 5. The molecule has 24 heavy (non-hydrogen) atoms. The quantitative estimate of drug-likeness (QED) is 0.681. The largest absolute Gasteiger partial charge is 0.457 e. The van der Waals surface area contributed by atoms with Crippen LogP contribution in [0.3, 0.4) is 0 Å². The maximum Gasteiger partial charge on any atom is 0.317 e. The number of anilines is 1. The van der Waals surface area contributed by atoms with Gasteiger partial charge < -0.3 is 15.2 Å². The van der Waals surface area contributed by atoms with Gasteiger partial charge in [0.1, 0.15) is 12.3 Å². The molecule has 0 unspecified atom stereocenters. The van der Waals surface area contributed by atoms with Crippen LogP contribution in [0.2, 0.25) is 5.02 Å². The summed E-state index contributed by atoms with van der Waals surface area (Å²) in [6, 6.07) is 7.25. The third-order valence-electron chi connectivity index (χ3n) is 3.12. The molecule has 3 rings (SSSR count). The standard InChI is InChI=1S/C15H15ClN6O2/c1-23-8-10-4-5-18-15(19-10)24-9-11-7-22(21-20-11)12-2-3-13(16)14(17)6-12/h2-7H,8-9,17H2,1H3. The highest BCUT2D eigenvalue weighted by molar-refractivity contribution is 6.33. The Morgan fingerprint density at radius 3 is 2.88 bits per heavy atom. The van der Waals surface area contributed by atoms with Gasteiger partial charge in [-0.15, -0.1) is 5.10 Å². The number of nitrogens with two attached hydrogens (primary N) is 1. The number of halogens is 1. The second-order valence-corrected chi connectivity index (χ2v) is 5.32. The molecule has 0 spiro atoms. The summed E-state index contributed by atoms with van der Waals surface area (Å²) in [5, 5.41) is 8.59. The first-order valence-corrected chi connectivity index (χ1v) is 7.44. The van der Waals surface area contributed by atoms with E-state index in [1.807, 2.05) is 0 Å². The molecule has 0 radical (unpaired) electrons. The maximum absolute atomic E-state index is 5.91. The lowest BCUT2D eigenvalue weighted by atomic mass is 10.3. The predicted octanol–water partition coefficient (Wildman–Crippen LogP) is 2.02. The Labute approximate surface area is 143 Å². The van der Waals surface area contributed by atoms with Crippen molar-refractivity contribution in [1.82, 2.24) is 25.0 Å². The first kappa shape index (κ1) is 16.2. The third-order valence-corrected chi connectivity index (χ3v) is 3.46. The average Bonchev–Trinajstić information content (AvgIpc) is 3.05. The summed E-state index contributed by atoms with van der Waals surface area (Å²) < 4.78 is 12.1. The van der Waals surface area contributed by atoms with E-state index in [1.165, 1.54) is 0 Å². The summed E-state index contributed by atoms with van der Waals surface area (Å²) in [5.74, 6) is 0. The Bertz CT molecular complexity index is 838. The number of nitrogen functional groups attached to an aromatic ring is 1. The van der Waals surface area contributed by atoms with Crippen LogP contribution in [0, 0.1) is 0 Å². The smallest absolute Gasteiger partial charge is 0.317 e. The fraction of sp³-hybridized carbons (Fsp3) is 0.200. The molecule has 2 N–H and O–H groups in total. The van der Waals surface area contributed by atoms with E-state index in [2.05, 4.69) is 20.3 Å². The van der Waals surface area contributed by atoms with Crippen LogP contribution in [-0.2, 0) is 18.0 Å². The second-order valence-electron chi connectivity index (χ2n) is 4.91. The summed E-state index contributed by atoms with van der Waals surface area (Å²) >= 11 is 5.91. The lowest BCUT2D eigenvalue weighted by molar-refractivity contribution is 0.179. The van der Waals surface area contributed by atoms with Crippen LogP contribution in [0.5, 0.6) is 6.01 Å². The monoisotopic (exact) mass is 346 g/mol. The molecule has 2 heterocycles. The van der Waals surface area contributed by atoms with Crippen LogP contribution in [0.25, 0.3) is 5.69 Å². The Morgan fingerprint density at radius 2 is 2.08 bits per heavy atom. The van der Waals surface area contributed by atoms with Crippen molar-refractivity contribution in [3.05, 3.63) is 53.1 Å². The SMILES string of the molecule is COCc1ccnc(OCc2cn(-c3ccc(Cl)c(N)c3)nn2)n1. The van der Waals surface area contributed by atoms with Gasteiger partial charge in [0, 0.05) is 13.3 Å². The van der Waals surface area contributed by atoms with Crippen molar-refractivity contribution in [3.63, 3.8) is 0 Å². The van der Waals surface area contributed by atoms with Crippen LogP contribution in [0.1, 0.15) is 11.4 Å². The van der Waals surface area contributed by atoms with Crippen molar-refractivity contribution in [2.24, 2.45) is 0 Å². The molecule has 0 aliphatic heterocycles. The van der Waals surface area contributed by atoms with Gasteiger partial charge in [-0.3, -0.25) is 0 Å². The molecular formula is C15H15ClN6O2. The molecule has 0 saturated carbocycles. The zero-order valence-corrected chi connectivity index (χ0v) is 13.6. The molecule has 0 fully saturated rings. The number of benzene rings is 1. The maximum atomic E-state index is 5.91. The van der Waals surface area contributed by atoms with Gasteiger partial charge >= 0.3 is 6.01 Å². The summed E-state index contributed by atoms with van der Waals surface area (Å²) in [6.07, 6.45) is 3.35. The highest BCUT2D eigenvalue weighted by Crippen LogP contribution is 2.21. The molecule has 2 aromatic heterocycles. The molecule has 0 aliphatic carbocycles. The first-order chi connectivity index (χ1) is 11.7. The van der Waals surface area contributed by atoms with E-state index in [1.54, 1.807) is 48.5 Å². The molecule has 0 atom stereocenters. The van der Waals surface area contributed by atoms with Gasteiger partial charge in [0.2, 0.25) is 0 Å². The minimum atomic E-state index is 0.194. The van der Waals surface area contributed by atoms with Crippen LogP contribution >= 0.6 is 11.6 Å². The van der Waals surface area contributed by atoms with Gasteiger partial charge in [-0.05, 0) is 24.3 Å². The van der Waals surface area contributed by atoms with E-state index in [0.717, 1.165) is 11.4 Å². The van der Waals surface area contributed by atoms with Crippen LogP contribution in [0.15, 0.2) is 36.7 Å². The van der Waals surface area contributed by atoms with Crippen molar-refractivity contribution < 1.29 is 9.47 Å². The van der Waals surface area contributed by atoms with Crippen molar-refractivity contribution in [3.8, 4) is 11.7 Å². The molecule has 9 heteroatoms. The molecular weight excluding hydrogens is 332 g/mol. The zero-order valence-electron chi connectivity index (χ0n) is 12.9. The number of ether oxygens (including phenoxy) is 2. The summed E-state index contributed by atoms with van der Waals surface area (Å²) in [4.78, 5) is 8.27. The van der Waals surface area contributed by atoms with Gasteiger partial charge in [0.05, 0.1) is 34.9 Å². The fourth-order valence-corrected chi connectivity index (χ4v) is 2.09. The van der Waals surface area contributed by atoms with Gasteiger partial charge in [-0.2, -0.15) is 4.98 Å². The number of methoxy groups -OCH3 is 1. The summed E-state index contributed by atoms with van der Waals surface area (Å²) in [6.45, 7) is 0.590. The van der Waals surface area contributed by atoms with Crippen molar-refractivity contribution >= 4 is 17.3 Å². The van der Waals surface area contributed by atoms with Gasteiger partial charge in [0.25, 0.3) is 0 Å². The van der Waals surface area contributed by atoms with E-state index in [4.69, 9.17) is 26.8 Å². The van der Waals surface area contributed by atoms with Crippen molar-refractivity contribution in [1.29, 1.82) is 0 Å². The van der Waals surface area contributed by atoms with Crippen molar-refractivity contribution in [2.45, 2.75) is 13.2 Å². The molecule has 0 bridgehead atoms. The zero-order chi connectivity index (χ0) is 16.9. The molecule has 0 saturated heterocycles. The number of hydrogen-bond acceptors (Lipinski definition) is 7. The van der Waals surface area contributed by atoms with Crippen molar-refractivity contribution in [2.75, 3.05) is 12.8 Å². The number of aromatic nitrogens is 5. The van der Waals surface area contributed by atoms with E-state index >= 15 is 0 Å². The second kappa shape index (κ2) is 7.24. The highest BCUT2D eigenvalue weighted by atomic mass is 35.5. The minimum Gasteiger partial charge on any atom is -0.457 e. The predicted molar refractivity (Wildman–Crippen MR) is 87.9 cm³/mol. The number of hydrogen-bond donors (Lipinski definition) is 1. The van der Waals surface area contributed by atoms with Gasteiger partial charge in [0.15, 0.2) is 0 Å². The van der Waals surface area contributed by atoms with Crippen LogP contribution < -0.4 is 10.5 Å². The molecule has 1 aromatic carbocycles. The van der Waals surface area contributed by atoms with E-state index < -0.39 is 0 Å². The molecule has 0 aliphatic rings. The Hall–Kier alpha value is -2.71. The highest BCUT2D eigenvalue weighted by Gasteiger charge is 2.07. The normalized spacial score (nSPS) is 10.8. The summed E-state index contributed by atoms with van der Waals surface area (Å²) in [7, 11) is 1.60. The van der Waals surface area contributed by atoms with Gasteiger partial charge in [-0.25, -0.2) is 9.67 Å². The van der Waals surface area contributed by atoms with Crippen LogP contribution in [0.4, 0.5) is 5.69 Å². The van der Waals surface area contributed by atoms with Crippen LogP contribution in [-0.4, -0.2) is 32.1 Å². The Kier molecular flexibility index (Phi) is 4.88. The summed E-state index contributed by atoms with van der Waals surface area (Å²) in [5.41, 5.74) is 8.40. The van der Waals surface area contributed by atoms with Gasteiger partial charge in [-0.1, -0.05) is 16.8 Å². The average molecular weight is 347 g/mol. The Morgan fingerprint density at radius 1 is 1.21 bits per heavy atom. The third kappa shape index (κ3) is 3.79. The van der Waals surface area contributed by atoms with E-state index in [0.29, 0.717) is 23.0 Å². The lowest BCUT2D eigenvalue weighted by Gasteiger charge is -2.04. The van der Waals surface area contributed by atoms with E-state index in [9.17, 15) is 0 Å². The topological polar surface area (TPSA) is 101 Å². The molecule has 8 nitrogen and oxygen atoms in total. The molecule has 124 valence electrons. The number of rotatable bonds is 6.